The Bertz CT molecular complexity index is 931. The van der Waals surface area contributed by atoms with Crippen LogP contribution in [-0.4, -0.2) is 33.7 Å². The Hall–Kier alpha value is -3.00. The minimum atomic E-state index is -0.689. The van der Waals surface area contributed by atoms with Gasteiger partial charge in [0.25, 0.3) is 0 Å². The molecule has 1 fully saturated rings. The lowest BCUT2D eigenvalue weighted by Crippen LogP contribution is -2.33. The molecule has 0 aromatic heterocycles. The smallest absolute Gasteiger partial charge is 0.242 e. The van der Waals surface area contributed by atoms with E-state index in [1.165, 1.54) is 47.4 Å². The standard InChI is InChI=1S/C20H17F2N3O2S/c1-2-11-25-19(27)17(12-18(26)24-16-6-4-3-5-15(16)22)28-20(25)23-14-9-7-13(21)8-10-14/h2-10,17H,1,11-12H2,(H,24,26)/t17-/m0/s1. The van der Waals surface area contributed by atoms with E-state index in [4.69, 9.17) is 0 Å². The highest BCUT2D eigenvalue weighted by atomic mass is 32.2. The number of para-hydroxylation sites is 1. The third-order valence-electron chi connectivity index (χ3n) is 3.90. The van der Waals surface area contributed by atoms with Crippen molar-refractivity contribution in [2.45, 2.75) is 11.7 Å². The summed E-state index contributed by atoms with van der Waals surface area (Å²) in [6, 6.07) is 11.4. The van der Waals surface area contributed by atoms with Crippen molar-refractivity contribution in [1.29, 1.82) is 0 Å². The SMILES string of the molecule is C=CCN1C(=O)[C@H](CC(=O)Nc2ccccc2F)SC1=Nc1ccc(F)cc1. The molecule has 1 heterocycles. The predicted octanol–water partition coefficient (Wildman–Crippen LogP) is 4.11. The highest BCUT2D eigenvalue weighted by molar-refractivity contribution is 8.15. The van der Waals surface area contributed by atoms with Gasteiger partial charge in [-0.15, -0.1) is 6.58 Å². The first-order valence-corrected chi connectivity index (χ1v) is 9.33. The molecule has 1 saturated heterocycles. The summed E-state index contributed by atoms with van der Waals surface area (Å²) >= 11 is 1.14. The fourth-order valence-electron chi connectivity index (χ4n) is 2.58. The van der Waals surface area contributed by atoms with Gasteiger partial charge < -0.3 is 5.32 Å². The van der Waals surface area contributed by atoms with E-state index < -0.39 is 17.0 Å². The predicted molar refractivity (Wildman–Crippen MR) is 106 cm³/mol. The van der Waals surface area contributed by atoms with Gasteiger partial charge in [0.1, 0.15) is 16.9 Å². The number of amides is 2. The van der Waals surface area contributed by atoms with Gasteiger partial charge in [-0.05, 0) is 36.4 Å². The second-order valence-corrected chi connectivity index (χ2v) is 7.12. The fraction of sp³-hybridized carbons (Fsp3) is 0.150. The van der Waals surface area contributed by atoms with Crippen LogP contribution in [0.1, 0.15) is 6.42 Å². The summed E-state index contributed by atoms with van der Waals surface area (Å²) in [4.78, 5) is 30.7. The molecular formula is C20H17F2N3O2S. The Kier molecular flexibility index (Phi) is 6.20. The zero-order valence-corrected chi connectivity index (χ0v) is 15.6. The number of thioether (sulfide) groups is 1. The van der Waals surface area contributed by atoms with Crippen LogP contribution in [0.3, 0.4) is 0 Å². The molecule has 0 bridgehead atoms. The van der Waals surface area contributed by atoms with Crippen molar-refractivity contribution >= 4 is 40.1 Å². The number of hydrogen-bond donors (Lipinski definition) is 1. The van der Waals surface area contributed by atoms with Crippen LogP contribution in [0.25, 0.3) is 0 Å². The molecule has 0 spiro atoms. The molecule has 0 radical (unpaired) electrons. The first-order valence-electron chi connectivity index (χ1n) is 8.45. The Balaban J connectivity index is 1.74. The highest BCUT2D eigenvalue weighted by Gasteiger charge is 2.38. The van der Waals surface area contributed by atoms with Crippen LogP contribution in [0, 0.1) is 11.6 Å². The number of aliphatic imine (C=N–C) groups is 1. The van der Waals surface area contributed by atoms with E-state index in [-0.39, 0.29) is 30.4 Å². The molecule has 1 N–H and O–H groups in total. The van der Waals surface area contributed by atoms with E-state index in [1.807, 2.05) is 0 Å². The maximum absolute atomic E-state index is 13.7. The third kappa shape index (κ3) is 4.64. The Morgan fingerprint density at radius 2 is 1.93 bits per heavy atom. The molecule has 2 aromatic carbocycles. The van der Waals surface area contributed by atoms with Crippen molar-refractivity contribution in [3.8, 4) is 0 Å². The number of carbonyl (C=O) groups excluding carboxylic acids is 2. The summed E-state index contributed by atoms with van der Waals surface area (Å²) in [7, 11) is 0. The summed E-state index contributed by atoms with van der Waals surface area (Å²) in [5.41, 5.74) is 0.549. The molecule has 5 nitrogen and oxygen atoms in total. The molecule has 0 saturated carbocycles. The van der Waals surface area contributed by atoms with E-state index in [1.54, 1.807) is 12.1 Å². The molecule has 2 aromatic rings. The summed E-state index contributed by atoms with van der Waals surface area (Å²) in [6.45, 7) is 3.87. The van der Waals surface area contributed by atoms with Gasteiger partial charge in [0, 0.05) is 13.0 Å². The van der Waals surface area contributed by atoms with Crippen LogP contribution in [0.15, 0.2) is 66.2 Å². The number of anilines is 1. The van der Waals surface area contributed by atoms with Crippen molar-refractivity contribution in [2.75, 3.05) is 11.9 Å². The van der Waals surface area contributed by atoms with Crippen molar-refractivity contribution in [3.63, 3.8) is 0 Å². The molecule has 28 heavy (non-hydrogen) atoms. The Morgan fingerprint density at radius 1 is 1.21 bits per heavy atom. The van der Waals surface area contributed by atoms with Gasteiger partial charge in [0.15, 0.2) is 5.17 Å². The minimum absolute atomic E-state index is 0.0612. The lowest BCUT2D eigenvalue weighted by molar-refractivity contribution is -0.127. The summed E-state index contributed by atoms with van der Waals surface area (Å²) in [6.07, 6.45) is 1.42. The lowest BCUT2D eigenvalue weighted by Gasteiger charge is -2.13. The van der Waals surface area contributed by atoms with Crippen LogP contribution < -0.4 is 5.32 Å². The molecule has 2 amide bonds. The molecule has 144 valence electrons. The Morgan fingerprint density at radius 3 is 2.61 bits per heavy atom. The number of rotatable bonds is 6. The van der Waals surface area contributed by atoms with E-state index in [0.717, 1.165) is 11.8 Å². The van der Waals surface area contributed by atoms with E-state index >= 15 is 0 Å². The van der Waals surface area contributed by atoms with Gasteiger partial charge in [-0.3, -0.25) is 14.5 Å². The second-order valence-electron chi connectivity index (χ2n) is 5.95. The first-order chi connectivity index (χ1) is 13.5. The van der Waals surface area contributed by atoms with Gasteiger partial charge in [-0.25, -0.2) is 13.8 Å². The number of carbonyl (C=O) groups is 2. The van der Waals surface area contributed by atoms with Crippen LogP contribution in [-0.2, 0) is 9.59 Å². The fourth-order valence-corrected chi connectivity index (χ4v) is 3.75. The normalized spacial score (nSPS) is 17.8. The lowest BCUT2D eigenvalue weighted by atomic mass is 10.2. The topological polar surface area (TPSA) is 61.8 Å². The molecule has 0 unspecified atom stereocenters. The number of hydrogen-bond acceptors (Lipinski definition) is 4. The number of benzene rings is 2. The maximum Gasteiger partial charge on any atom is 0.242 e. The number of nitrogens with zero attached hydrogens (tertiary/aromatic N) is 2. The largest absolute Gasteiger partial charge is 0.324 e. The van der Waals surface area contributed by atoms with Gasteiger partial charge >= 0.3 is 0 Å². The van der Waals surface area contributed by atoms with Gasteiger partial charge in [-0.1, -0.05) is 30.0 Å². The van der Waals surface area contributed by atoms with E-state index in [9.17, 15) is 18.4 Å². The van der Waals surface area contributed by atoms with Crippen molar-refractivity contribution in [3.05, 3.63) is 72.8 Å². The second kappa shape index (κ2) is 8.79. The zero-order valence-electron chi connectivity index (χ0n) is 14.8. The molecule has 0 aliphatic carbocycles. The summed E-state index contributed by atoms with van der Waals surface area (Å²) < 4.78 is 26.8. The van der Waals surface area contributed by atoms with Crippen LogP contribution in [0.2, 0.25) is 0 Å². The molecule has 1 aliphatic rings. The average molecular weight is 401 g/mol. The first kappa shape index (κ1) is 19.8. The van der Waals surface area contributed by atoms with Crippen molar-refractivity contribution in [1.82, 2.24) is 4.90 Å². The van der Waals surface area contributed by atoms with E-state index in [2.05, 4.69) is 16.9 Å². The number of amidine groups is 1. The molecule has 1 atom stereocenters. The quantitative estimate of drug-likeness (QED) is 0.741. The minimum Gasteiger partial charge on any atom is -0.324 e. The molecular weight excluding hydrogens is 384 g/mol. The van der Waals surface area contributed by atoms with Crippen LogP contribution in [0.5, 0.6) is 0 Å². The Labute approximate surface area is 165 Å². The zero-order chi connectivity index (χ0) is 20.1. The molecule has 1 aliphatic heterocycles. The average Bonchev–Trinajstić information content (AvgIpc) is 2.94. The highest BCUT2D eigenvalue weighted by Crippen LogP contribution is 2.32. The van der Waals surface area contributed by atoms with Crippen molar-refractivity contribution in [2.24, 2.45) is 4.99 Å². The van der Waals surface area contributed by atoms with E-state index in [0.29, 0.717) is 10.9 Å². The number of nitrogens with one attached hydrogen (secondary N) is 1. The van der Waals surface area contributed by atoms with Crippen LogP contribution >= 0.6 is 11.8 Å². The summed E-state index contributed by atoms with van der Waals surface area (Å²) in [5, 5.41) is 2.19. The van der Waals surface area contributed by atoms with Gasteiger partial charge in [0.2, 0.25) is 11.8 Å². The summed E-state index contributed by atoms with van der Waals surface area (Å²) in [5.74, 6) is -1.69. The van der Waals surface area contributed by atoms with Gasteiger partial charge in [0.05, 0.1) is 11.4 Å². The molecule has 3 rings (SSSR count). The van der Waals surface area contributed by atoms with Crippen LogP contribution in [0.4, 0.5) is 20.2 Å². The van der Waals surface area contributed by atoms with Crippen molar-refractivity contribution < 1.29 is 18.4 Å². The maximum atomic E-state index is 13.7. The monoisotopic (exact) mass is 401 g/mol. The number of halogens is 2. The van der Waals surface area contributed by atoms with Gasteiger partial charge in [-0.2, -0.15) is 0 Å². The molecule has 8 heteroatoms. The third-order valence-corrected chi connectivity index (χ3v) is 5.08.